The van der Waals surface area contributed by atoms with E-state index in [2.05, 4.69) is 25.9 Å². The second-order valence-corrected chi connectivity index (χ2v) is 13.7. The predicted octanol–water partition coefficient (Wildman–Crippen LogP) is -0.384. The van der Waals surface area contributed by atoms with Gasteiger partial charge in [-0.2, -0.15) is 0 Å². The Kier molecular flexibility index (Phi) is 17.7. The third-order valence-corrected chi connectivity index (χ3v) is 9.62. The van der Waals surface area contributed by atoms with E-state index in [0.29, 0.717) is 32.4 Å². The first kappa shape index (κ1) is 43.4. The number of unbranched alkanes of at least 4 members (excludes halogenated alkanes) is 1. The van der Waals surface area contributed by atoms with Gasteiger partial charge in [0.1, 0.15) is 24.0 Å². The van der Waals surface area contributed by atoms with Crippen molar-refractivity contribution in [3.8, 4) is 0 Å². The Morgan fingerprint density at radius 3 is 2.36 bits per heavy atom. The number of ether oxygens (including phenoxy) is 1. The number of carbonyl (C=O) groups excluding carboxylic acids is 4. The lowest BCUT2D eigenvalue weighted by Gasteiger charge is -2.33. The van der Waals surface area contributed by atoms with E-state index in [9.17, 15) is 29.4 Å². The molecule has 0 saturated carbocycles. The summed E-state index contributed by atoms with van der Waals surface area (Å²) in [5, 5.41) is 30.2. The van der Waals surface area contributed by atoms with Gasteiger partial charge in [-0.3, -0.25) is 29.4 Å². The first-order chi connectivity index (χ1) is 25.3. The molecule has 1 aromatic carbocycles. The largest absolute Gasteiger partial charge is 0.378 e. The molecule has 1 aromatic heterocycles. The fraction of sp³-hybridized carbons (Fsp3) is 0.595. The van der Waals surface area contributed by atoms with E-state index < -0.39 is 60.5 Å². The molecule has 12 N–H and O–H groups in total. The molecule has 1 aliphatic heterocycles. The first-order valence-electron chi connectivity index (χ1n) is 18.4. The van der Waals surface area contributed by atoms with E-state index in [1.165, 1.54) is 0 Å². The number of aliphatic hydroxyl groups excluding tert-OH is 2. The van der Waals surface area contributed by atoms with Crippen LogP contribution < -0.4 is 33.2 Å². The number of aryl methyl sites for hydroxylation is 1. The van der Waals surface area contributed by atoms with Gasteiger partial charge >= 0.3 is 0 Å². The average Bonchev–Trinajstić information content (AvgIpc) is 3.70. The molecule has 1 aliphatic rings. The zero-order valence-electron chi connectivity index (χ0n) is 31.3. The highest BCUT2D eigenvalue weighted by atomic mass is 16.6. The molecule has 16 heteroatoms. The molecule has 1 saturated heterocycles. The first-order valence-corrected chi connectivity index (χ1v) is 18.4. The second-order valence-electron chi connectivity index (χ2n) is 13.7. The van der Waals surface area contributed by atoms with Crippen molar-refractivity contribution in [2.75, 3.05) is 26.2 Å². The highest BCUT2D eigenvalue weighted by molar-refractivity contribution is 6.40. The van der Waals surface area contributed by atoms with Crippen LogP contribution in [0.1, 0.15) is 68.3 Å². The number of benzene rings is 1. The summed E-state index contributed by atoms with van der Waals surface area (Å²) in [4.78, 5) is 62.3. The van der Waals surface area contributed by atoms with E-state index in [1.54, 1.807) is 18.0 Å². The number of aliphatic imine (C=N–C) groups is 1. The molecular weight excluding hydrogens is 682 g/mol. The van der Waals surface area contributed by atoms with Gasteiger partial charge in [0.15, 0.2) is 0 Å². The predicted molar refractivity (Wildman–Crippen MR) is 201 cm³/mol. The Bertz CT molecular complexity index is 1520. The van der Waals surface area contributed by atoms with E-state index in [4.69, 9.17) is 21.9 Å². The number of nitrogens with two attached hydrogens (primary N) is 3. The Balaban J connectivity index is 1.82. The smallest absolute Gasteiger partial charge is 0.268 e. The molecule has 1 fully saturated rings. The molecular formula is C37H59N9O7. The number of primary amides is 1. The van der Waals surface area contributed by atoms with Crippen molar-refractivity contribution in [3.05, 3.63) is 58.9 Å². The summed E-state index contributed by atoms with van der Waals surface area (Å²) >= 11 is 0. The number of aromatic amines is 1. The molecule has 294 valence electrons. The summed E-state index contributed by atoms with van der Waals surface area (Å²) in [6.07, 6.45) is 0.932. The molecule has 0 radical (unpaired) electrons. The number of amides is 4. The highest BCUT2D eigenvalue weighted by Crippen LogP contribution is 2.27. The molecule has 2 aromatic rings. The number of H-pyrrole nitrogens is 1. The SMILES string of the molecule is CC[C@H](NC(=O)[C@@H]1C[C@@H](O[C@@H](O)NCCN)CN1C(O)C(C)Cc1ccccc1)C(=O)N[C@H](Cc1c[nH]c(C)c1C)C(=O)N=C(CCCCN)C(N)=O. The normalized spacial score (nSPS) is 19.3. The van der Waals surface area contributed by atoms with Gasteiger partial charge in [-0.15, -0.1) is 0 Å². The summed E-state index contributed by atoms with van der Waals surface area (Å²) in [6.45, 7) is 8.51. The maximum Gasteiger partial charge on any atom is 0.268 e. The fourth-order valence-corrected chi connectivity index (χ4v) is 6.39. The molecule has 4 amide bonds. The van der Waals surface area contributed by atoms with Crippen molar-refractivity contribution in [1.29, 1.82) is 0 Å². The molecule has 3 rings (SSSR count). The van der Waals surface area contributed by atoms with Crippen LogP contribution in [0.4, 0.5) is 0 Å². The van der Waals surface area contributed by atoms with Crippen molar-refractivity contribution in [2.45, 2.75) is 110 Å². The monoisotopic (exact) mass is 741 g/mol. The van der Waals surface area contributed by atoms with Gasteiger partial charge in [0.2, 0.25) is 18.2 Å². The maximum atomic E-state index is 14.0. The van der Waals surface area contributed by atoms with Gasteiger partial charge in [0, 0.05) is 37.9 Å². The highest BCUT2D eigenvalue weighted by Gasteiger charge is 2.43. The van der Waals surface area contributed by atoms with Crippen molar-refractivity contribution < 1.29 is 34.1 Å². The van der Waals surface area contributed by atoms with Crippen LogP contribution in [0.3, 0.4) is 0 Å². The quantitative estimate of drug-likeness (QED) is 0.0427. The minimum absolute atomic E-state index is 0.0743. The summed E-state index contributed by atoms with van der Waals surface area (Å²) in [5.41, 5.74) is 20.1. The molecule has 7 atom stereocenters. The van der Waals surface area contributed by atoms with Gasteiger partial charge in [0.05, 0.1) is 12.1 Å². The van der Waals surface area contributed by atoms with Crippen LogP contribution in [-0.2, 0) is 36.8 Å². The number of nitrogens with one attached hydrogen (secondary N) is 4. The van der Waals surface area contributed by atoms with Gasteiger partial charge in [-0.25, -0.2) is 4.99 Å². The molecule has 2 unspecified atom stereocenters. The molecule has 0 spiro atoms. The lowest BCUT2D eigenvalue weighted by molar-refractivity contribution is -0.152. The zero-order chi connectivity index (χ0) is 39.1. The fourth-order valence-electron chi connectivity index (χ4n) is 6.39. The summed E-state index contributed by atoms with van der Waals surface area (Å²) in [5.74, 6) is -3.02. The number of rotatable bonds is 22. The summed E-state index contributed by atoms with van der Waals surface area (Å²) in [6, 6.07) is 6.54. The van der Waals surface area contributed by atoms with Gasteiger partial charge in [-0.05, 0) is 81.5 Å². The van der Waals surface area contributed by atoms with Gasteiger partial charge in [0.25, 0.3) is 11.8 Å². The van der Waals surface area contributed by atoms with Crippen LogP contribution in [0.25, 0.3) is 0 Å². The lowest BCUT2D eigenvalue weighted by Crippen LogP contribution is -2.56. The number of aliphatic hydroxyl groups is 2. The van der Waals surface area contributed by atoms with E-state index in [1.807, 2.05) is 51.1 Å². The number of nitrogens with zero attached hydrogens (tertiary/aromatic N) is 2. The molecule has 16 nitrogen and oxygen atoms in total. The number of likely N-dealkylation sites (tertiary alicyclic amines) is 1. The Morgan fingerprint density at radius 1 is 1.04 bits per heavy atom. The van der Waals surface area contributed by atoms with Gasteiger partial charge in [-0.1, -0.05) is 44.2 Å². The standard InChI is InChI=1S/C37H59N9O7/c1-5-28(33(48)45-30(18-26-20-42-24(4)23(26)3)34(49)44-29(32(40)47)13-9-10-14-38)43-35(50)31-19-27(53-37(52)41-16-15-39)21-46(31)36(51)22(2)17-25-11-7-6-8-12-25/h6-8,11-12,20,22,27-28,30-31,36-37,41-42,51-52H,5,9-10,13-19,21,38-39H2,1-4H3,(H2,40,47)(H,43,50)(H,45,48)/t22?,27-,28+,30-,31+,36?,37-/m1/s1. The van der Waals surface area contributed by atoms with Crippen LogP contribution in [-0.4, -0.2) is 112 Å². The molecule has 0 bridgehead atoms. The van der Waals surface area contributed by atoms with Crippen molar-refractivity contribution >= 4 is 29.3 Å². The van der Waals surface area contributed by atoms with Crippen molar-refractivity contribution in [3.63, 3.8) is 0 Å². The Hall–Kier alpha value is -4.03. The molecule has 0 aliphatic carbocycles. The minimum Gasteiger partial charge on any atom is -0.378 e. The van der Waals surface area contributed by atoms with Crippen molar-refractivity contribution in [2.24, 2.45) is 28.1 Å². The maximum absolute atomic E-state index is 14.0. The van der Waals surface area contributed by atoms with Crippen LogP contribution in [0.15, 0.2) is 41.5 Å². The number of hydrogen-bond donors (Lipinski definition) is 9. The van der Waals surface area contributed by atoms with Crippen LogP contribution in [0.2, 0.25) is 0 Å². The average molecular weight is 742 g/mol. The van der Waals surface area contributed by atoms with Crippen LogP contribution >= 0.6 is 0 Å². The lowest BCUT2D eigenvalue weighted by atomic mass is 9.98. The van der Waals surface area contributed by atoms with Crippen LogP contribution in [0.5, 0.6) is 0 Å². The number of carbonyl (C=O) groups is 4. The summed E-state index contributed by atoms with van der Waals surface area (Å²) < 4.78 is 5.76. The molecule has 53 heavy (non-hydrogen) atoms. The second kappa shape index (κ2) is 21.6. The number of hydrogen-bond acceptors (Lipinski definition) is 11. The van der Waals surface area contributed by atoms with Crippen LogP contribution in [0, 0.1) is 19.8 Å². The van der Waals surface area contributed by atoms with E-state index in [0.717, 1.165) is 22.4 Å². The van der Waals surface area contributed by atoms with E-state index in [-0.39, 0.29) is 50.4 Å². The van der Waals surface area contributed by atoms with Crippen molar-refractivity contribution in [1.82, 2.24) is 25.8 Å². The third-order valence-electron chi connectivity index (χ3n) is 9.62. The van der Waals surface area contributed by atoms with Gasteiger partial charge < -0.3 is 47.8 Å². The topological polar surface area (TPSA) is 264 Å². The number of aromatic nitrogens is 1. The third kappa shape index (κ3) is 13.1. The van der Waals surface area contributed by atoms with E-state index >= 15 is 0 Å². The molecule has 2 heterocycles. The Labute approximate surface area is 311 Å². The zero-order valence-corrected chi connectivity index (χ0v) is 31.3. The minimum atomic E-state index is -1.33. The Morgan fingerprint density at radius 2 is 1.75 bits per heavy atom. The summed E-state index contributed by atoms with van der Waals surface area (Å²) in [7, 11) is 0.